The van der Waals surface area contributed by atoms with Crippen molar-refractivity contribution in [2.45, 2.75) is 0 Å². The Morgan fingerprint density at radius 1 is 1.08 bits per heavy atom. The molecule has 0 radical (unpaired) electrons. The van der Waals surface area contributed by atoms with Gasteiger partial charge in [-0.2, -0.15) is 5.10 Å². The number of para-hydroxylation sites is 1. The zero-order chi connectivity index (χ0) is 16.9. The average Bonchev–Trinajstić information content (AvgIpc) is 3.02. The van der Waals surface area contributed by atoms with Gasteiger partial charge in [0.15, 0.2) is 0 Å². The maximum atomic E-state index is 13.1. The van der Waals surface area contributed by atoms with E-state index in [1.54, 1.807) is 23.2 Å². The van der Waals surface area contributed by atoms with Crippen molar-refractivity contribution in [3.8, 4) is 5.69 Å². The molecule has 0 fully saturated rings. The van der Waals surface area contributed by atoms with E-state index in [1.165, 1.54) is 6.08 Å². The van der Waals surface area contributed by atoms with Gasteiger partial charge in [-0.3, -0.25) is 4.79 Å². The number of amides is 1. The monoisotopic (exact) mass is 325 g/mol. The van der Waals surface area contributed by atoms with Gasteiger partial charge in [0.2, 0.25) is 5.91 Å². The fourth-order valence-corrected chi connectivity index (χ4v) is 2.13. The number of carbonyl (C=O) groups is 1. The molecule has 3 rings (SSSR count). The van der Waals surface area contributed by atoms with Gasteiger partial charge >= 0.3 is 0 Å². The molecule has 0 aliphatic heterocycles. The van der Waals surface area contributed by atoms with Crippen molar-refractivity contribution in [1.29, 1.82) is 0 Å². The molecular formula is C18H13F2N3O. The van der Waals surface area contributed by atoms with Crippen LogP contribution in [0.3, 0.4) is 0 Å². The van der Waals surface area contributed by atoms with E-state index in [4.69, 9.17) is 0 Å². The highest BCUT2D eigenvalue weighted by molar-refractivity contribution is 6.01. The normalized spacial score (nSPS) is 10.9. The number of benzene rings is 2. The number of halogens is 2. The molecule has 0 spiro atoms. The van der Waals surface area contributed by atoms with E-state index in [0.29, 0.717) is 0 Å². The molecule has 0 aliphatic carbocycles. The van der Waals surface area contributed by atoms with E-state index < -0.39 is 17.5 Å². The first-order valence-corrected chi connectivity index (χ1v) is 7.15. The molecule has 0 saturated heterocycles. The highest BCUT2D eigenvalue weighted by Crippen LogP contribution is 2.13. The fraction of sp³-hybridized carbons (Fsp3) is 0. The minimum atomic E-state index is -0.751. The summed E-state index contributed by atoms with van der Waals surface area (Å²) < 4.78 is 27.8. The third-order valence-electron chi connectivity index (χ3n) is 3.18. The zero-order valence-corrected chi connectivity index (χ0v) is 12.5. The van der Waals surface area contributed by atoms with E-state index in [1.807, 2.05) is 30.3 Å². The summed E-state index contributed by atoms with van der Waals surface area (Å²) in [6, 6.07) is 12.4. The molecule has 2 aromatic carbocycles. The predicted molar refractivity (Wildman–Crippen MR) is 87.6 cm³/mol. The van der Waals surface area contributed by atoms with Crippen LogP contribution in [0.2, 0.25) is 0 Å². The number of hydrogen-bond donors (Lipinski definition) is 1. The first-order chi connectivity index (χ1) is 11.6. The van der Waals surface area contributed by atoms with Crippen LogP contribution >= 0.6 is 0 Å². The van der Waals surface area contributed by atoms with Gasteiger partial charge in [0.05, 0.1) is 11.9 Å². The van der Waals surface area contributed by atoms with Crippen LogP contribution in [0.25, 0.3) is 11.8 Å². The molecule has 24 heavy (non-hydrogen) atoms. The fourth-order valence-electron chi connectivity index (χ4n) is 2.13. The SMILES string of the molecule is O=C(/C=C/c1cnn(-c2ccccc2)c1)Nc1cc(F)cc(F)c1. The lowest BCUT2D eigenvalue weighted by Gasteiger charge is -2.02. The van der Waals surface area contributed by atoms with Crippen LogP contribution in [-0.2, 0) is 4.79 Å². The predicted octanol–water partition coefficient (Wildman–Crippen LogP) is 3.80. The van der Waals surface area contributed by atoms with Crippen molar-refractivity contribution < 1.29 is 13.6 Å². The van der Waals surface area contributed by atoms with Crippen LogP contribution in [0, 0.1) is 11.6 Å². The summed E-state index contributed by atoms with van der Waals surface area (Å²) >= 11 is 0. The Kier molecular flexibility index (Phi) is 4.47. The van der Waals surface area contributed by atoms with E-state index in [9.17, 15) is 13.6 Å². The molecule has 0 aliphatic rings. The van der Waals surface area contributed by atoms with E-state index in [2.05, 4.69) is 10.4 Å². The molecule has 1 N–H and O–H groups in total. The number of nitrogens with zero attached hydrogens (tertiary/aromatic N) is 2. The molecule has 6 heteroatoms. The highest BCUT2D eigenvalue weighted by Gasteiger charge is 2.03. The first kappa shape index (κ1) is 15.6. The highest BCUT2D eigenvalue weighted by atomic mass is 19.1. The summed E-state index contributed by atoms with van der Waals surface area (Å²) in [5.74, 6) is -2.00. The number of rotatable bonds is 4. The number of hydrogen-bond acceptors (Lipinski definition) is 2. The third kappa shape index (κ3) is 3.92. The molecule has 4 nitrogen and oxygen atoms in total. The van der Waals surface area contributed by atoms with Crippen LogP contribution in [0.4, 0.5) is 14.5 Å². The van der Waals surface area contributed by atoms with Gasteiger partial charge in [-0.25, -0.2) is 13.5 Å². The lowest BCUT2D eigenvalue weighted by molar-refractivity contribution is -0.111. The summed E-state index contributed by atoms with van der Waals surface area (Å²) in [6.07, 6.45) is 6.21. The summed E-state index contributed by atoms with van der Waals surface area (Å²) in [6.45, 7) is 0. The van der Waals surface area contributed by atoms with Crippen molar-refractivity contribution in [3.63, 3.8) is 0 Å². The van der Waals surface area contributed by atoms with Crippen molar-refractivity contribution in [3.05, 3.63) is 84.2 Å². The Labute approximate surface area is 137 Å². The van der Waals surface area contributed by atoms with Crippen molar-refractivity contribution in [2.24, 2.45) is 0 Å². The lowest BCUT2D eigenvalue weighted by atomic mass is 10.3. The molecular weight excluding hydrogens is 312 g/mol. The van der Waals surface area contributed by atoms with Crippen LogP contribution in [0.5, 0.6) is 0 Å². The zero-order valence-electron chi connectivity index (χ0n) is 12.5. The summed E-state index contributed by atoms with van der Waals surface area (Å²) in [5.41, 5.74) is 1.68. The van der Waals surface area contributed by atoms with E-state index in [-0.39, 0.29) is 5.69 Å². The maximum Gasteiger partial charge on any atom is 0.248 e. The van der Waals surface area contributed by atoms with E-state index in [0.717, 1.165) is 29.4 Å². The quantitative estimate of drug-likeness (QED) is 0.742. The number of aromatic nitrogens is 2. The van der Waals surface area contributed by atoms with Gasteiger partial charge in [-0.05, 0) is 30.3 Å². The average molecular weight is 325 g/mol. The van der Waals surface area contributed by atoms with Crippen molar-refractivity contribution in [1.82, 2.24) is 9.78 Å². The smallest absolute Gasteiger partial charge is 0.248 e. The largest absolute Gasteiger partial charge is 0.322 e. The third-order valence-corrected chi connectivity index (χ3v) is 3.18. The van der Waals surface area contributed by atoms with Gasteiger partial charge in [0.1, 0.15) is 11.6 Å². The molecule has 120 valence electrons. The van der Waals surface area contributed by atoms with Gasteiger partial charge < -0.3 is 5.32 Å². The molecule has 0 atom stereocenters. The van der Waals surface area contributed by atoms with Gasteiger partial charge in [0, 0.05) is 29.6 Å². The maximum absolute atomic E-state index is 13.1. The summed E-state index contributed by atoms with van der Waals surface area (Å²) in [5, 5.41) is 6.61. The van der Waals surface area contributed by atoms with Gasteiger partial charge in [-0.15, -0.1) is 0 Å². The minimum absolute atomic E-state index is 0.0575. The Morgan fingerprint density at radius 2 is 1.79 bits per heavy atom. The summed E-state index contributed by atoms with van der Waals surface area (Å²) in [7, 11) is 0. The molecule has 1 aromatic heterocycles. The van der Waals surface area contributed by atoms with E-state index >= 15 is 0 Å². The topological polar surface area (TPSA) is 46.9 Å². The van der Waals surface area contributed by atoms with Crippen LogP contribution in [-0.4, -0.2) is 15.7 Å². The molecule has 3 aromatic rings. The van der Waals surface area contributed by atoms with Crippen LogP contribution < -0.4 is 5.32 Å². The van der Waals surface area contributed by atoms with Crippen LogP contribution in [0.1, 0.15) is 5.56 Å². The Hall–Kier alpha value is -3.28. The summed E-state index contributed by atoms with van der Waals surface area (Å²) in [4.78, 5) is 11.8. The number of nitrogens with one attached hydrogen (secondary N) is 1. The lowest BCUT2D eigenvalue weighted by Crippen LogP contribution is -2.08. The molecule has 1 amide bonds. The molecule has 0 unspecified atom stereocenters. The second kappa shape index (κ2) is 6.87. The van der Waals surface area contributed by atoms with Crippen LogP contribution in [0.15, 0.2) is 67.0 Å². The second-order valence-electron chi connectivity index (χ2n) is 5.03. The second-order valence-corrected chi connectivity index (χ2v) is 5.03. The number of carbonyl (C=O) groups excluding carboxylic acids is 1. The minimum Gasteiger partial charge on any atom is -0.322 e. The van der Waals surface area contributed by atoms with Crippen molar-refractivity contribution >= 4 is 17.7 Å². The number of anilines is 1. The van der Waals surface area contributed by atoms with Gasteiger partial charge in [-0.1, -0.05) is 18.2 Å². The Balaban J connectivity index is 1.67. The van der Waals surface area contributed by atoms with Gasteiger partial charge in [0.25, 0.3) is 0 Å². The first-order valence-electron chi connectivity index (χ1n) is 7.15. The molecule has 0 saturated carbocycles. The Morgan fingerprint density at radius 3 is 2.50 bits per heavy atom. The molecule has 0 bridgehead atoms. The standard InChI is InChI=1S/C18H13F2N3O/c19-14-8-15(20)10-16(9-14)22-18(24)7-6-13-11-21-23(12-13)17-4-2-1-3-5-17/h1-12H,(H,22,24)/b7-6+. The molecule has 1 heterocycles. The van der Waals surface area contributed by atoms with Crippen molar-refractivity contribution in [2.75, 3.05) is 5.32 Å². The Bertz CT molecular complexity index is 868.